The Balaban J connectivity index is 0. The van der Waals surface area contributed by atoms with E-state index in [9.17, 15) is 0 Å². The van der Waals surface area contributed by atoms with Gasteiger partial charge in [-0.3, -0.25) is 0 Å². The van der Waals surface area contributed by atoms with Crippen LogP contribution in [0.1, 0.15) is 104 Å². The lowest BCUT2D eigenvalue weighted by atomic mass is 10.0. The molecule has 11 heteroatoms. The lowest BCUT2D eigenvalue weighted by Crippen LogP contribution is -2.00. The molecule has 0 spiro atoms. The lowest BCUT2D eigenvalue weighted by Gasteiger charge is -2.03. The fourth-order valence-electron chi connectivity index (χ4n) is 2.53. The van der Waals surface area contributed by atoms with Gasteiger partial charge in [-0.1, -0.05) is 90.4 Å². The number of phosphoric acid groups is 1. The van der Waals surface area contributed by atoms with Gasteiger partial charge in [0.05, 0.1) is 6.61 Å². The van der Waals surface area contributed by atoms with Gasteiger partial charge in [-0.05, 0) is 29.5 Å². The maximum Gasteiger partial charge on any atom is 0.466 e. The number of unbranched alkanes of at least 4 members (excludes halogenated alkanes) is 13. The highest BCUT2D eigenvalue weighted by molar-refractivity contribution is 7.45. The summed E-state index contributed by atoms with van der Waals surface area (Å²) in [7, 11) is -4.64. The largest absolute Gasteiger partial charge is 0.466 e. The van der Waals surface area contributed by atoms with Crippen LogP contribution in [0.15, 0.2) is 12.3 Å². The molecule has 0 aliphatic carbocycles. The van der Waals surface area contributed by atoms with Gasteiger partial charge in [0.1, 0.15) is 6.26 Å². The Morgan fingerprint density at radius 1 is 0.667 bits per heavy atom. The van der Waals surface area contributed by atoms with Gasteiger partial charge in [-0.15, -0.1) is 0 Å². The second-order valence-corrected chi connectivity index (χ2v) is 7.80. The Morgan fingerprint density at radius 3 is 1.50 bits per heavy atom. The summed E-state index contributed by atoms with van der Waals surface area (Å²) in [6, 6.07) is 0. The van der Waals surface area contributed by atoms with E-state index in [4.69, 9.17) is 24.1 Å². The summed E-state index contributed by atoms with van der Waals surface area (Å²) in [5.74, 6) is 0. The molecule has 0 heterocycles. The van der Waals surface area contributed by atoms with E-state index in [1.807, 2.05) is 0 Å². The van der Waals surface area contributed by atoms with Gasteiger partial charge in [-0.2, -0.15) is 0 Å². The van der Waals surface area contributed by atoms with Crippen molar-refractivity contribution in [2.24, 2.45) is 0 Å². The van der Waals surface area contributed by atoms with Gasteiger partial charge in [0.2, 0.25) is 0 Å². The van der Waals surface area contributed by atoms with Crippen LogP contribution in [0.5, 0.6) is 0 Å². The molecule has 0 aliphatic rings. The molecule has 10 nitrogen and oxygen atoms in total. The molecule has 182 valence electrons. The van der Waals surface area contributed by atoms with Crippen molar-refractivity contribution in [2.45, 2.75) is 104 Å². The maximum atomic E-state index is 8.88. The van der Waals surface area contributed by atoms with Crippen LogP contribution in [0.2, 0.25) is 0 Å². The minimum Gasteiger partial charge on any atom is -0.314 e. The summed E-state index contributed by atoms with van der Waals surface area (Å²) in [6.45, 7) is 4.49. The molecule has 3 N–H and O–H groups in total. The van der Waals surface area contributed by atoms with Crippen molar-refractivity contribution in [2.75, 3.05) is 6.61 Å². The molecule has 0 amide bonds. The highest BCUT2D eigenvalue weighted by Crippen LogP contribution is 2.25. The molecule has 0 aliphatic heterocycles. The molecular weight excluding hydrogens is 419 g/mol. The van der Waals surface area contributed by atoms with Crippen LogP contribution in [-0.2, 0) is 34.5 Å². The van der Waals surface area contributed by atoms with E-state index in [1.165, 1.54) is 83.3 Å². The van der Waals surface area contributed by atoms with Crippen molar-refractivity contribution in [3.8, 4) is 0 Å². The number of rotatable bonds is 21. The summed E-state index contributed by atoms with van der Waals surface area (Å²) < 4.78 is 8.88. The van der Waals surface area contributed by atoms with Crippen LogP contribution in [0, 0.1) is 0 Å². The first-order valence-electron chi connectivity index (χ1n) is 10.8. The molecule has 0 aromatic heterocycles. The smallest absolute Gasteiger partial charge is 0.314 e. The van der Waals surface area contributed by atoms with E-state index in [0.29, 0.717) is 6.61 Å². The van der Waals surface area contributed by atoms with E-state index in [1.54, 1.807) is 13.0 Å². The molecule has 0 saturated heterocycles. The zero-order chi connectivity index (χ0) is 22.8. The van der Waals surface area contributed by atoms with Crippen LogP contribution in [0.25, 0.3) is 0 Å². The lowest BCUT2D eigenvalue weighted by molar-refractivity contribution is -0.751. The van der Waals surface area contributed by atoms with Crippen molar-refractivity contribution >= 4 is 7.82 Å². The van der Waals surface area contributed by atoms with Crippen molar-refractivity contribution in [3.63, 3.8) is 0 Å². The predicted octanol–water partition coefficient (Wildman–Crippen LogP) is 5.75. The van der Waals surface area contributed by atoms with Crippen LogP contribution in [-0.4, -0.2) is 21.3 Å². The summed E-state index contributed by atoms with van der Waals surface area (Å²) in [6.07, 6.45) is 21.4. The first-order chi connectivity index (χ1) is 14.4. The second-order valence-electron chi connectivity index (χ2n) is 6.77. The summed E-state index contributed by atoms with van der Waals surface area (Å²) in [5, 5.41) is 16.5. The number of hydrogen-bond acceptors (Lipinski definition) is 7. The quantitative estimate of drug-likeness (QED) is 0.0639. The first kappa shape index (κ1) is 31.6. The fraction of sp³-hybridized carbons (Fsp3) is 0.895. The van der Waals surface area contributed by atoms with Crippen LogP contribution in [0.3, 0.4) is 0 Å². The molecule has 30 heavy (non-hydrogen) atoms. The SMILES string of the molecule is CC=COOOOOOCCCCCCCCCCCCCCCC.O=P(O)(O)O. The van der Waals surface area contributed by atoms with Crippen LogP contribution in [0.4, 0.5) is 0 Å². The van der Waals surface area contributed by atoms with Gasteiger partial charge < -0.3 is 19.6 Å². The Bertz CT molecular complexity index is 381. The molecule has 0 atom stereocenters. The minimum absolute atomic E-state index is 0.455. The highest BCUT2D eigenvalue weighted by atomic mass is 31.2. The summed E-state index contributed by atoms with van der Waals surface area (Å²) >= 11 is 0. The third kappa shape index (κ3) is 41.7. The van der Waals surface area contributed by atoms with Gasteiger partial charge in [0.25, 0.3) is 0 Å². The maximum absolute atomic E-state index is 8.88. The van der Waals surface area contributed by atoms with E-state index < -0.39 is 7.82 Å². The predicted molar refractivity (Wildman–Crippen MR) is 111 cm³/mol. The topological polar surface area (TPSA) is 133 Å². The van der Waals surface area contributed by atoms with Crippen molar-refractivity contribution in [1.82, 2.24) is 0 Å². The molecule has 0 rings (SSSR count). The average molecular weight is 461 g/mol. The van der Waals surface area contributed by atoms with Gasteiger partial charge in [-0.25, -0.2) is 9.45 Å². The standard InChI is InChI=1S/C19H38O6.H3O4P/c1-3-5-6-7-8-9-10-11-12-13-14-15-16-17-19-21-23-25-24-22-20-18-4-2;1-5(2,3)4/h4,18H,3,5-17,19H2,1-2H3;(H3,1,2,3,4). The van der Waals surface area contributed by atoms with Crippen LogP contribution >= 0.6 is 7.82 Å². The molecule has 0 unspecified atom stereocenters. The normalized spacial score (nSPS) is 11.5. The van der Waals surface area contributed by atoms with Crippen molar-refractivity contribution in [1.29, 1.82) is 0 Å². The molecule has 0 aromatic rings. The minimum atomic E-state index is -4.64. The summed E-state index contributed by atoms with van der Waals surface area (Å²) in [5.41, 5.74) is 0. The first-order valence-corrected chi connectivity index (χ1v) is 12.3. The molecule has 0 radical (unpaired) electrons. The molecule has 0 bridgehead atoms. The third-order valence-corrected chi connectivity index (χ3v) is 3.94. The average Bonchev–Trinajstić information content (AvgIpc) is 2.68. The Kier molecular flexibility index (Phi) is 27.9. The summed E-state index contributed by atoms with van der Waals surface area (Å²) in [4.78, 5) is 30.7. The van der Waals surface area contributed by atoms with E-state index >= 15 is 0 Å². The Labute approximate surface area is 180 Å². The number of hydrogen-bond donors (Lipinski definition) is 3. The second kappa shape index (κ2) is 26.5. The van der Waals surface area contributed by atoms with Crippen molar-refractivity contribution < 1.29 is 49.2 Å². The molecular formula is C19H41O10P. The van der Waals surface area contributed by atoms with Gasteiger partial charge in [0.15, 0.2) is 0 Å². The molecule has 0 saturated carbocycles. The van der Waals surface area contributed by atoms with Crippen molar-refractivity contribution in [3.05, 3.63) is 12.3 Å². The Hall–Kier alpha value is -0.550. The van der Waals surface area contributed by atoms with Gasteiger partial charge >= 0.3 is 7.82 Å². The van der Waals surface area contributed by atoms with Crippen LogP contribution < -0.4 is 0 Å². The molecule has 0 fully saturated rings. The van der Waals surface area contributed by atoms with Gasteiger partial charge in [0, 0.05) is 10.1 Å². The van der Waals surface area contributed by atoms with E-state index in [0.717, 1.165) is 12.8 Å². The highest BCUT2D eigenvalue weighted by Gasteiger charge is 2.00. The van der Waals surface area contributed by atoms with E-state index in [2.05, 4.69) is 32.0 Å². The Morgan fingerprint density at radius 2 is 1.07 bits per heavy atom. The fourth-order valence-corrected chi connectivity index (χ4v) is 2.53. The third-order valence-electron chi connectivity index (χ3n) is 3.94. The molecule has 0 aromatic carbocycles. The zero-order valence-corrected chi connectivity index (χ0v) is 19.3. The monoisotopic (exact) mass is 460 g/mol. The number of allylic oxidation sites excluding steroid dienone is 1. The van der Waals surface area contributed by atoms with E-state index in [-0.39, 0.29) is 0 Å². The zero-order valence-electron chi connectivity index (χ0n) is 18.4.